The van der Waals surface area contributed by atoms with Crippen LogP contribution in [-0.4, -0.2) is 24.0 Å². The molecule has 0 saturated carbocycles. The van der Waals surface area contributed by atoms with Crippen molar-refractivity contribution in [1.29, 1.82) is 0 Å². The summed E-state index contributed by atoms with van der Waals surface area (Å²) in [7, 11) is 0. The Labute approximate surface area is 80.4 Å². The molecule has 1 fully saturated rings. The van der Waals surface area contributed by atoms with E-state index in [1.807, 2.05) is 6.08 Å². The number of hydrogen-bond donors (Lipinski definition) is 0. The molecular formula is C10H18ClN. The second-order valence-electron chi connectivity index (χ2n) is 3.85. The lowest BCUT2D eigenvalue weighted by molar-refractivity contribution is 0.140. The van der Waals surface area contributed by atoms with Crippen molar-refractivity contribution in [2.75, 3.05) is 13.1 Å². The summed E-state index contributed by atoms with van der Waals surface area (Å²) in [4.78, 5) is 2.49. The van der Waals surface area contributed by atoms with Gasteiger partial charge in [-0.2, -0.15) is 0 Å². The number of hydrogen-bond acceptors (Lipinski definition) is 1. The second kappa shape index (κ2) is 4.88. The van der Waals surface area contributed by atoms with E-state index in [0.29, 0.717) is 0 Å². The smallest absolute Gasteiger partial charge is 0.0177 e. The summed E-state index contributed by atoms with van der Waals surface area (Å²) < 4.78 is 0. The van der Waals surface area contributed by atoms with Gasteiger partial charge in [-0.15, -0.1) is 0 Å². The standard InChI is InChI=1S/C10H18ClN/c1-9-4-5-10(2)12(8-9)7-3-6-11/h3,6,9-10H,4-5,7-8H2,1-2H3/b6-3+. The molecule has 1 aliphatic rings. The lowest BCUT2D eigenvalue weighted by Gasteiger charge is -2.35. The van der Waals surface area contributed by atoms with Crippen LogP contribution in [-0.2, 0) is 0 Å². The van der Waals surface area contributed by atoms with Crippen molar-refractivity contribution in [2.24, 2.45) is 5.92 Å². The van der Waals surface area contributed by atoms with E-state index in [-0.39, 0.29) is 0 Å². The molecule has 12 heavy (non-hydrogen) atoms. The maximum absolute atomic E-state index is 5.50. The zero-order valence-corrected chi connectivity index (χ0v) is 8.72. The van der Waals surface area contributed by atoms with Gasteiger partial charge in [-0.1, -0.05) is 24.6 Å². The van der Waals surface area contributed by atoms with Gasteiger partial charge in [0.05, 0.1) is 0 Å². The van der Waals surface area contributed by atoms with E-state index >= 15 is 0 Å². The van der Waals surface area contributed by atoms with E-state index in [2.05, 4.69) is 18.7 Å². The molecule has 1 saturated heterocycles. The molecule has 1 heterocycles. The molecule has 1 rings (SSSR count). The number of nitrogens with zero attached hydrogens (tertiary/aromatic N) is 1. The molecule has 2 atom stereocenters. The predicted octanol–water partition coefficient (Wildman–Crippen LogP) is 2.86. The van der Waals surface area contributed by atoms with Crippen molar-refractivity contribution >= 4 is 11.6 Å². The molecular weight excluding hydrogens is 170 g/mol. The van der Waals surface area contributed by atoms with Gasteiger partial charge < -0.3 is 0 Å². The van der Waals surface area contributed by atoms with Gasteiger partial charge in [-0.3, -0.25) is 4.90 Å². The third-order valence-electron chi connectivity index (χ3n) is 2.68. The molecule has 0 bridgehead atoms. The Hall–Kier alpha value is -0.0100. The van der Waals surface area contributed by atoms with Crippen LogP contribution in [0.1, 0.15) is 26.7 Å². The first-order valence-electron chi connectivity index (χ1n) is 4.73. The van der Waals surface area contributed by atoms with Gasteiger partial charge in [-0.25, -0.2) is 0 Å². The topological polar surface area (TPSA) is 3.24 Å². The normalized spacial score (nSPS) is 32.9. The molecule has 2 unspecified atom stereocenters. The van der Waals surface area contributed by atoms with E-state index in [1.165, 1.54) is 19.4 Å². The Balaban J connectivity index is 2.38. The third kappa shape index (κ3) is 2.80. The van der Waals surface area contributed by atoms with Crippen LogP contribution < -0.4 is 0 Å². The molecule has 1 nitrogen and oxygen atoms in total. The summed E-state index contributed by atoms with van der Waals surface area (Å²) in [5.41, 5.74) is 1.62. The van der Waals surface area contributed by atoms with Crippen LogP contribution in [0, 0.1) is 5.92 Å². The SMILES string of the molecule is CC1CCC(C)N(C/C=C/Cl)C1. The van der Waals surface area contributed by atoms with E-state index in [0.717, 1.165) is 18.5 Å². The quantitative estimate of drug-likeness (QED) is 0.643. The van der Waals surface area contributed by atoms with Crippen molar-refractivity contribution in [3.8, 4) is 0 Å². The zero-order chi connectivity index (χ0) is 8.97. The van der Waals surface area contributed by atoms with Crippen LogP contribution in [0.15, 0.2) is 11.6 Å². The summed E-state index contributed by atoms with van der Waals surface area (Å²) in [5.74, 6) is 0.852. The minimum Gasteiger partial charge on any atom is -0.297 e. The van der Waals surface area contributed by atoms with Crippen LogP contribution in [0.3, 0.4) is 0 Å². The fraction of sp³-hybridized carbons (Fsp3) is 0.800. The van der Waals surface area contributed by atoms with Crippen molar-refractivity contribution < 1.29 is 0 Å². The Morgan fingerprint density at radius 1 is 1.42 bits per heavy atom. The second-order valence-corrected chi connectivity index (χ2v) is 4.10. The molecule has 1 aliphatic heterocycles. The highest BCUT2D eigenvalue weighted by Crippen LogP contribution is 2.20. The molecule has 70 valence electrons. The first kappa shape index (κ1) is 10.1. The summed E-state index contributed by atoms with van der Waals surface area (Å²) in [6.07, 6.45) is 4.73. The Bertz CT molecular complexity index is 156. The Morgan fingerprint density at radius 2 is 2.17 bits per heavy atom. The highest BCUT2D eigenvalue weighted by Gasteiger charge is 2.21. The third-order valence-corrected chi connectivity index (χ3v) is 2.85. The van der Waals surface area contributed by atoms with E-state index in [9.17, 15) is 0 Å². The number of likely N-dealkylation sites (tertiary alicyclic amines) is 1. The van der Waals surface area contributed by atoms with E-state index < -0.39 is 0 Å². The molecule has 0 aromatic rings. The molecule has 0 radical (unpaired) electrons. The van der Waals surface area contributed by atoms with Crippen molar-refractivity contribution in [1.82, 2.24) is 4.90 Å². The summed E-state index contributed by atoms with van der Waals surface area (Å²) >= 11 is 5.50. The van der Waals surface area contributed by atoms with Gasteiger partial charge in [0.2, 0.25) is 0 Å². The molecule has 0 aliphatic carbocycles. The minimum absolute atomic E-state index is 0.731. The van der Waals surface area contributed by atoms with E-state index in [4.69, 9.17) is 11.6 Å². The molecule has 0 amide bonds. The maximum Gasteiger partial charge on any atom is 0.0177 e. The number of halogens is 1. The van der Waals surface area contributed by atoms with Gasteiger partial charge in [0.15, 0.2) is 0 Å². The molecule has 0 aromatic heterocycles. The molecule has 0 spiro atoms. The van der Waals surface area contributed by atoms with Gasteiger partial charge in [0.25, 0.3) is 0 Å². The van der Waals surface area contributed by atoms with Gasteiger partial charge >= 0.3 is 0 Å². The van der Waals surface area contributed by atoms with E-state index in [1.54, 1.807) is 5.54 Å². The molecule has 2 heteroatoms. The Morgan fingerprint density at radius 3 is 2.83 bits per heavy atom. The number of piperidine rings is 1. The highest BCUT2D eigenvalue weighted by atomic mass is 35.5. The largest absolute Gasteiger partial charge is 0.297 e. The monoisotopic (exact) mass is 187 g/mol. The van der Waals surface area contributed by atoms with Gasteiger partial charge in [-0.05, 0) is 25.7 Å². The van der Waals surface area contributed by atoms with Crippen molar-refractivity contribution in [3.05, 3.63) is 11.6 Å². The van der Waals surface area contributed by atoms with Crippen LogP contribution >= 0.6 is 11.6 Å². The summed E-state index contributed by atoms with van der Waals surface area (Å²) in [6.45, 7) is 6.86. The van der Waals surface area contributed by atoms with Crippen LogP contribution in [0.25, 0.3) is 0 Å². The van der Waals surface area contributed by atoms with Crippen LogP contribution in [0.2, 0.25) is 0 Å². The van der Waals surface area contributed by atoms with Crippen LogP contribution in [0.4, 0.5) is 0 Å². The van der Waals surface area contributed by atoms with Crippen molar-refractivity contribution in [2.45, 2.75) is 32.7 Å². The minimum atomic E-state index is 0.731. The van der Waals surface area contributed by atoms with Gasteiger partial charge in [0, 0.05) is 24.7 Å². The lowest BCUT2D eigenvalue weighted by atomic mass is 9.95. The first-order chi connectivity index (χ1) is 5.74. The van der Waals surface area contributed by atoms with Gasteiger partial charge in [0.1, 0.15) is 0 Å². The Kier molecular flexibility index (Phi) is 4.10. The average Bonchev–Trinajstić information content (AvgIpc) is 2.07. The molecule has 0 N–H and O–H groups in total. The number of rotatable bonds is 2. The van der Waals surface area contributed by atoms with Crippen molar-refractivity contribution in [3.63, 3.8) is 0 Å². The lowest BCUT2D eigenvalue weighted by Crippen LogP contribution is -2.40. The zero-order valence-electron chi connectivity index (χ0n) is 7.96. The highest BCUT2D eigenvalue weighted by molar-refractivity contribution is 6.25. The average molecular weight is 188 g/mol. The first-order valence-corrected chi connectivity index (χ1v) is 5.17. The predicted molar refractivity (Wildman–Crippen MR) is 54.4 cm³/mol. The summed E-state index contributed by atoms with van der Waals surface area (Å²) in [5, 5.41) is 0. The van der Waals surface area contributed by atoms with Crippen LogP contribution in [0.5, 0.6) is 0 Å². The fourth-order valence-electron chi connectivity index (χ4n) is 1.81. The fourth-order valence-corrected chi connectivity index (χ4v) is 1.89. The summed E-state index contributed by atoms with van der Waals surface area (Å²) in [6, 6.07) is 0.731. The molecule has 0 aromatic carbocycles. The maximum atomic E-state index is 5.50.